The highest BCUT2D eigenvalue weighted by atomic mass is 16.7. The molecule has 1 saturated heterocycles. The van der Waals surface area contributed by atoms with Gasteiger partial charge < -0.3 is 24.0 Å². The summed E-state index contributed by atoms with van der Waals surface area (Å²) in [6.45, 7) is 4.81. The molecule has 142 valence electrons. The molecule has 1 aromatic carbocycles. The Hall–Kier alpha value is -2.28. The molecule has 0 bridgehead atoms. The van der Waals surface area contributed by atoms with Crippen LogP contribution in [0.1, 0.15) is 36.5 Å². The summed E-state index contributed by atoms with van der Waals surface area (Å²) < 4.78 is 16.4. The molecule has 0 spiro atoms. The van der Waals surface area contributed by atoms with Crippen LogP contribution in [0.4, 0.5) is 0 Å². The molecule has 1 fully saturated rings. The first-order valence-corrected chi connectivity index (χ1v) is 9.15. The zero-order chi connectivity index (χ0) is 18.5. The lowest BCUT2D eigenvalue weighted by atomic mass is 10.0. The van der Waals surface area contributed by atoms with Crippen LogP contribution in [-0.2, 0) is 4.74 Å². The molecule has 0 unspecified atom stereocenters. The van der Waals surface area contributed by atoms with Crippen molar-refractivity contribution in [2.24, 2.45) is 4.99 Å². The Kier molecular flexibility index (Phi) is 5.98. The van der Waals surface area contributed by atoms with Crippen LogP contribution in [0.25, 0.3) is 0 Å². The molecule has 7 heteroatoms. The van der Waals surface area contributed by atoms with Crippen molar-refractivity contribution >= 4 is 11.9 Å². The van der Waals surface area contributed by atoms with Crippen LogP contribution in [0, 0.1) is 0 Å². The number of hydrogen-bond donors (Lipinski definition) is 0. The molecule has 0 saturated carbocycles. The van der Waals surface area contributed by atoms with Crippen LogP contribution in [-0.4, -0.2) is 68.4 Å². The first kappa shape index (κ1) is 18.5. The molecule has 0 aromatic heterocycles. The van der Waals surface area contributed by atoms with Crippen LogP contribution in [0.15, 0.2) is 23.2 Å². The number of carbonyl (C=O) groups is 1. The Labute approximate surface area is 154 Å². The molecule has 0 atom stereocenters. The van der Waals surface area contributed by atoms with E-state index in [4.69, 9.17) is 14.2 Å². The molecular weight excluding hydrogens is 334 g/mol. The summed E-state index contributed by atoms with van der Waals surface area (Å²) in [4.78, 5) is 21.3. The Morgan fingerprint density at radius 1 is 1.31 bits per heavy atom. The van der Waals surface area contributed by atoms with Crippen molar-refractivity contribution in [1.29, 1.82) is 0 Å². The summed E-state index contributed by atoms with van der Waals surface area (Å²) >= 11 is 0. The van der Waals surface area contributed by atoms with Gasteiger partial charge in [-0.2, -0.15) is 4.99 Å². The maximum Gasteiger partial charge on any atom is 0.295 e. The topological polar surface area (TPSA) is 63.6 Å². The maximum absolute atomic E-state index is 12.7. The van der Waals surface area contributed by atoms with E-state index < -0.39 is 0 Å². The van der Waals surface area contributed by atoms with Crippen LogP contribution in [0.3, 0.4) is 0 Å². The smallest absolute Gasteiger partial charge is 0.295 e. The zero-order valence-corrected chi connectivity index (χ0v) is 15.7. The molecule has 1 aromatic rings. The van der Waals surface area contributed by atoms with Gasteiger partial charge in [-0.05, 0) is 57.6 Å². The molecule has 2 aliphatic heterocycles. The second kappa shape index (κ2) is 8.40. The molecule has 26 heavy (non-hydrogen) atoms. The standard InChI is InChI=1S/C19H27N3O4/c1-4-11-24-19(22(3)15-7-9-21(2)10-8-15)20-18(23)14-5-6-16-17(12-14)26-13-25-16/h5-6,12,15H,4,7-11,13H2,1-3H3. The molecule has 3 rings (SSSR count). The van der Waals surface area contributed by atoms with Crippen molar-refractivity contribution in [2.45, 2.75) is 32.2 Å². The number of amidine groups is 1. The third kappa shape index (κ3) is 4.27. The van der Waals surface area contributed by atoms with Gasteiger partial charge in [0.15, 0.2) is 11.5 Å². The van der Waals surface area contributed by atoms with Crippen LogP contribution >= 0.6 is 0 Å². The first-order chi connectivity index (χ1) is 12.6. The molecular formula is C19H27N3O4. The van der Waals surface area contributed by atoms with Crippen LogP contribution < -0.4 is 9.47 Å². The van der Waals surface area contributed by atoms with E-state index in [1.165, 1.54) is 0 Å². The minimum absolute atomic E-state index is 0.181. The Morgan fingerprint density at radius 3 is 2.77 bits per heavy atom. The fourth-order valence-corrected chi connectivity index (χ4v) is 3.13. The molecule has 0 aliphatic carbocycles. The number of nitrogens with zero attached hydrogens (tertiary/aromatic N) is 3. The number of likely N-dealkylation sites (tertiary alicyclic amines) is 1. The van der Waals surface area contributed by atoms with Gasteiger partial charge in [-0.15, -0.1) is 0 Å². The molecule has 2 heterocycles. The predicted octanol–water partition coefficient (Wildman–Crippen LogP) is 2.36. The van der Waals surface area contributed by atoms with Gasteiger partial charge in [-0.1, -0.05) is 6.92 Å². The van der Waals surface area contributed by atoms with E-state index in [1.54, 1.807) is 18.2 Å². The van der Waals surface area contributed by atoms with Gasteiger partial charge in [0.1, 0.15) is 0 Å². The number of ether oxygens (including phenoxy) is 3. The van der Waals surface area contributed by atoms with Gasteiger partial charge in [0, 0.05) is 18.7 Å². The van der Waals surface area contributed by atoms with Crippen molar-refractivity contribution in [3.63, 3.8) is 0 Å². The molecule has 0 radical (unpaired) electrons. The second-order valence-electron chi connectivity index (χ2n) is 6.76. The van der Waals surface area contributed by atoms with Gasteiger partial charge in [0.2, 0.25) is 6.79 Å². The number of amides is 1. The molecule has 1 amide bonds. The lowest BCUT2D eigenvalue weighted by Gasteiger charge is -2.36. The van der Waals surface area contributed by atoms with Gasteiger partial charge >= 0.3 is 0 Å². The summed E-state index contributed by atoms with van der Waals surface area (Å²) in [5.41, 5.74) is 0.462. The van der Waals surface area contributed by atoms with E-state index >= 15 is 0 Å². The lowest BCUT2D eigenvalue weighted by molar-refractivity contribution is 0.0988. The molecule has 0 N–H and O–H groups in total. The number of carbonyl (C=O) groups excluding carboxylic acids is 1. The summed E-state index contributed by atoms with van der Waals surface area (Å²) in [6, 6.07) is 5.82. The van der Waals surface area contributed by atoms with Gasteiger partial charge in [0.05, 0.1) is 6.61 Å². The first-order valence-electron chi connectivity index (χ1n) is 9.15. The second-order valence-corrected chi connectivity index (χ2v) is 6.76. The highest BCUT2D eigenvalue weighted by molar-refractivity contribution is 6.01. The van der Waals surface area contributed by atoms with Crippen molar-refractivity contribution in [3.05, 3.63) is 23.8 Å². The lowest BCUT2D eigenvalue weighted by Crippen LogP contribution is -2.45. The SMILES string of the molecule is CCCOC(=NC(=O)c1ccc2c(c1)OCO2)N(C)C1CCN(C)CC1. The fourth-order valence-electron chi connectivity index (χ4n) is 3.13. The molecule has 7 nitrogen and oxygen atoms in total. The van der Waals surface area contributed by atoms with Gasteiger partial charge in [-0.25, -0.2) is 0 Å². The van der Waals surface area contributed by atoms with E-state index in [2.05, 4.69) is 16.9 Å². The van der Waals surface area contributed by atoms with Crippen molar-refractivity contribution in [3.8, 4) is 11.5 Å². The minimum Gasteiger partial charge on any atom is -0.465 e. The highest BCUT2D eigenvalue weighted by Crippen LogP contribution is 2.32. The third-order valence-corrected chi connectivity index (χ3v) is 4.79. The number of rotatable bonds is 4. The minimum atomic E-state index is -0.339. The number of aliphatic imine (C=N–C) groups is 1. The number of hydrogen-bond acceptors (Lipinski definition) is 5. The maximum atomic E-state index is 12.7. The van der Waals surface area contributed by atoms with E-state index in [0.717, 1.165) is 32.4 Å². The van der Waals surface area contributed by atoms with E-state index in [9.17, 15) is 4.79 Å². The van der Waals surface area contributed by atoms with Gasteiger partial charge in [-0.3, -0.25) is 4.79 Å². The number of fused-ring (bicyclic) bond motifs is 1. The monoisotopic (exact) mass is 361 g/mol. The average Bonchev–Trinajstić information content (AvgIpc) is 3.12. The summed E-state index contributed by atoms with van der Waals surface area (Å²) in [7, 11) is 4.08. The number of benzene rings is 1. The normalized spacial score (nSPS) is 18.0. The zero-order valence-electron chi connectivity index (χ0n) is 15.7. The summed E-state index contributed by atoms with van der Waals surface area (Å²) in [5, 5.41) is 0. The quantitative estimate of drug-likeness (QED) is 0.606. The fraction of sp³-hybridized carbons (Fsp3) is 0.579. The third-order valence-electron chi connectivity index (χ3n) is 4.79. The van der Waals surface area contributed by atoms with E-state index in [1.807, 2.05) is 18.9 Å². The van der Waals surface area contributed by atoms with Crippen molar-refractivity contribution in [2.75, 3.05) is 40.6 Å². The average molecular weight is 361 g/mol. The summed E-state index contributed by atoms with van der Waals surface area (Å²) in [6.07, 6.45) is 2.91. The van der Waals surface area contributed by atoms with Crippen LogP contribution in [0.5, 0.6) is 11.5 Å². The van der Waals surface area contributed by atoms with Crippen molar-refractivity contribution in [1.82, 2.24) is 9.80 Å². The Balaban J connectivity index is 1.76. The highest BCUT2D eigenvalue weighted by Gasteiger charge is 2.25. The number of piperidine rings is 1. The van der Waals surface area contributed by atoms with Gasteiger partial charge in [0.25, 0.3) is 11.9 Å². The Bertz CT molecular complexity index is 669. The Morgan fingerprint density at radius 2 is 2.04 bits per heavy atom. The van der Waals surface area contributed by atoms with E-state index in [-0.39, 0.29) is 12.7 Å². The summed E-state index contributed by atoms with van der Waals surface area (Å²) in [5.74, 6) is 0.886. The van der Waals surface area contributed by atoms with Crippen LogP contribution in [0.2, 0.25) is 0 Å². The molecule has 2 aliphatic rings. The van der Waals surface area contributed by atoms with Crippen molar-refractivity contribution < 1.29 is 19.0 Å². The predicted molar refractivity (Wildman–Crippen MR) is 98.9 cm³/mol. The van der Waals surface area contributed by atoms with E-state index in [0.29, 0.717) is 35.7 Å². The largest absolute Gasteiger partial charge is 0.465 e.